The monoisotopic (exact) mass is 708 g/mol. The van der Waals surface area contributed by atoms with Crippen LogP contribution < -0.4 is 29.1 Å². The summed E-state index contributed by atoms with van der Waals surface area (Å²) in [5, 5.41) is 0. The second-order valence-electron chi connectivity index (χ2n) is 10.4. The van der Waals surface area contributed by atoms with E-state index in [1.807, 2.05) is 38.1 Å². The van der Waals surface area contributed by atoms with Crippen molar-refractivity contribution < 1.29 is 28.1 Å². The highest BCUT2D eigenvalue weighted by molar-refractivity contribution is 9.10. The van der Waals surface area contributed by atoms with Crippen LogP contribution in [0.25, 0.3) is 6.08 Å². The maximum Gasteiger partial charge on any atom is 0.338 e. The number of hydrogen-bond donors (Lipinski definition) is 0. The van der Waals surface area contributed by atoms with Gasteiger partial charge >= 0.3 is 5.97 Å². The summed E-state index contributed by atoms with van der Waals surface area (Å²) >= 11 is 4.80. The first-order chi connectivity index (χ1) is 22.3. The molecule has 0 bridgehead atoms. The number of allylic oxidation sites excluding steroid dienone is 1. The lowest BCUT2D eigenvalue weighted by Gasteiger charge is -2.27. The summed E-state index contributed by atoms with van der Waals surface area (Å²) in [6.07, 6.45) is 3.05. The number of ether oxygens (including phenoxy) is 4. The molecule has 1 aromatic heterocycles. The number of hydrogen-bond acceptors (Lipinski definition) is 8. The Kier molecular flexibility index (Phi) is 10.7. The fourth-order valence-corrected chi connectivity index (χ4v) is 6.63. The first-order valence-electron chi connectivity index (χ1n) is 15.0. The molecule has 1 atom stereocenters. The van der Waals surface area contributed by atoms with E-state index in [2.05, 4.69) is 15.9 Å². The number of rotatable bonds is 12. The van der Waals surface area contributed by atoms with Gasteiger partial charge in [0.05, 0.1) is 36.1 Å². The molecule has 1 aliphatic rings. The molecule has 46 heavy (non-hydrogen) atoms. The molecule has 1 aliphatic heterocycles. The van der Waals surface area contributed by atoms with Crippen LogP contribution in [-0.2, 0) is 16.1 Å². The van der Waals surface area contributed by atoms with Crippen molar-refractivity contribution in [2.75, 3.05) is 20.3 Å². The largest absolute Gasteiger partial charge is 0.496 e. The molecule has 0 aliphatic carbocycles. The number of fused-ring (bicyclic) bond motifs is 1. The predicted octanol–water partition coefficient (Wildman–Crippen LogP) is 6.47. The quantitative estimate of drug-likeness (QED) is 0.157. The number of thiazole rings is 1. The zero-order valence-corrected chi connectivity index (χ0v) is 28.4. The number of halogens is 2. The maximum absolute atomic E-state index is 14.2. The molecule has 240 valence electrons. The van der Waals surface area contributed by atoms with Gasteiger partial charge in [-0.25, -0.2) is 14.2 Å². The second kappa shape index (κ2) is 14.9. The van der Waals surface area contributed by atoms with E-state index in [1.165, 1.54) is 23.5 Å². The zero-order chi connectivity index (χ0) is 32.8. The van der Waals surface area contributed by atoms with E-state index in [9.17, 15) is 14.0 Å². The van der Waals surface area contributed by atoms with E-state index in [1.54, 1.807) is 48.9 Å². The van der Waals surface area contributed by atoms with E-state index in [0.29, 0.717) is 56.4 Å². The molecular weight excluding hydrogens is 675 g/mol. The van der Waals surface area contributed by atoms with Gasteiger partial charge in [-0.05, 0) is 79.9 Å². The van der Waals surface area contributed by atoms with Gasteiger partial charge in [-0.2, -0.15) is 0 Å². The minimum atomic E-state index is -0.812. The molecule has 5 rings (SSSR count). The van der Waals surface area contributed by atoms with E-state index < -0.39 is 12.0 Å². The Morgan fingerprint density at radius 3 is 2.46 bits per heavy atom. The van der Waals surface area contributed by atoms with Crippen LogP contribution in [0.1, 0.15) is 56.3 Å². The molecule has 0 N–H and O–H groups in total. The number of esters is 1. The fourth-order valence-electron chi connectivity index (χ4n) is 5.23. The van der Waals surface area contributed by atoms with Crippen molar-refractivity contribution in [3.63, 3.8) is 0 Å². The number of carbonyl (C=O) groups excluding carboxylic acids is 1. The lowest BCUT2D eigenvalue weighted by atomic mass is 9.93. The summed E-state index contributed by atoms with van der Waals surface area (Å²) in [5.41, 5.74) is 2.77. The Balaban J connectivity index is 1.62. The maximum atomic E-state index is 14.2. The Bertz CT molecular complexity index is 1950. The number of nitrogens with zero attached hydrogens (tertiary/aromatic N) is 2. The molecule has 8 nitrogen and oxygen atoms in total. The Morgan fingerprint density at radius 1 is 1.00 bits per heavy atom. The zero-order valence-electron chi connectivity index (χ0n) is 26.0. The second-order valence-corrected chi connectivity index (χ2v) is 12.3. The lowest BCUT2D eigenvalue weighted by molar-refractivity contribution is -0.139. The molecule has 3 aromatic carbocycles. The third-order valence-electron chi connectivity index (χ3n) is 7.25. The van der Waals surface area contributed by atoms with Crippen molar-refractivity contribution in [1.82, 2.24) is 4.57 Å². The average Bonchev–Trinajstić information content (AvgIpc) is 3.35. The number of aromatic nitrogens is 1. The highest BCUT2D eigenvalue weighted by Gasteiger charge is 2.36. The van der Waals surface area contributed by atoms with Crippen LogP contribution in [-0.4, -0.2) is 30.9 Å². The SMILES string of the molecule is CCCC1=C(C(=O)OCC)[C@H](c2cc(Br)ccc2OC)n2c(s/c(=C/c3ccc(OCc4ccc(F)cc4)c(OCC)c3)c2=O)=N1. The highest BCUT2D eigenvalue weighted by atomic mass is 79.9. The first-order valence-corrected chi connectivity index (χ1v) is 16.6. The molecule has 0 saturated heterocycles. The minimum absolute atomic E-state index is 0.181. The van der Waals surface area contributed by atoms with Gasteiger partial charge in [-0.3, -0.25) is 9.36 Å². The van der Waals surface area contributed by atoms with Crippen molar-refractivity contribution in [3.8, 4) is 17.2 Å². The van der Waals surface area contributed by atoms with Crippen LogP contribution in [0.2, 0.25) is 0 Å². The predicted molar refractivity (Wildman–Crippen MR) is 179 cm³/mol. The van der Waals surface area contributed by atoms with E-state index in [0.717, 1.165) is 22.0 Å². The lowest BCUT2D eigenvalue weighted by Crippen LogP contribution is -2.40. The standard InChI is InChI=1S/C35H34BrFN2O6S/c1-5-8-26-31(34(41)44-7-3)32(25-19-23(36)12-16-27(25)42-4)39-33(40)30(46-35(39)38-26)18-22-11-15-28(29(17-22)43-6-2)45-20-21-9-13-24(37)14-10-21/h9-19,32H,5-8,20H2,1-4H3/b30-18+/t32-/m0/s1. The van der Waals surface area contributed by atoms with E-state index in [-0.39, 0.29) is 24.6 Å². The molecular formula is C35H34BrFN2O6S. The van der Waals surface area contributed by atoms with Gasteiger partial charge in [0, 0.05) is 10.0 Å². The molecule has 4 aromatic rings. The van der Waals surface area contributed by atoms with Crippen molar-refractivity contribution >= 4 is 39.3 Å². The normalized spacial score (nSPS) is 14.5. The molecule has 0 spiro atoms. The van der Waals surface area contributed by atoms with Crippen LogP contribution in [0, 0.1) is 5.82 Å². The van der Waals surface area contributed by atoms with Crippen molar-refractivity contribution in [2.45, 2.75) is 46.3 Å². The van der Waals surface area contributed by atoms with Gasteiger partial charge in [0.15, 0.2) is 16.3 Å². The van der Waals surface area contributed by atoms with Crippen molar-refractivity contribution in [1.29, 1.82) is 0 Å². The summed E-state index contributed by atoms with van der Waals surface area (Å²) in [6.45, 7) is 6.46. The van der Waals surface area contributed by atoms with Gasteiger partial charge in [0.25, 0.3) is 5.56 Å². The Labute approximate surface area is 278 Å². The Hall–Kier alpha value is -4.22. The van der Waals surface area contributed by atoms with Gasteiger partial charge in [-0.1, -0.05) is 58.8 Å². The van der Waals surface area contributed by atoms with Crippen LogP contribution in [0.4, 0.5) is 4.39 Å². The summed E-state index contributed by atoms with van der Waals surface area (Å²) in [4.78, 5) is 33.0. The van der Waals surface area contributed by atoms with Crippen LogP contribution in [0.15, 0.2) is 86.2 Å². The number of methoxy groups -OCH3 is 1. The third-order valence-corrected chi connectivity index (χ3v) is 8.73. The van der Waals surface area contributed by atoms with Crippen LogP contribution in [0.5, 0.6) is 17.2 Å². The van der Waals surface area contributed by atoms with Gasteiger partial charge in [0.2, 0.25) is 0 Å². The number of carbonyl (C=O) groups is 1. The van der Waals surface area contributed by atoms with E-state index in [4.69, 9.17) is 23.9 Å². The minimum Gasteiger partial charge on any atom is -0.496 e. The topological polar surface area (TPSA) is 88.4 Å². The first kappa shape index (κ1) is 33.2. The van der Waals surface area contributed by atoms with E-state index >= 15 is 0 Å². The Morgan fingerprint density at radius 2 is 1.76 bits per heavy atom. The summed E-state index contributed by atoms with van der Waals surface area (Å²) in [5.74, 6) is 0.732. The van der Waals surface area contributed by atoms with Crippen LogP contribution in [0.3, 0.4) is 0 Å². The fraction of sp³-hybridized carbons (Fsp3) is 0.286. The molecule has 11 heteroatoms. The average molecular weight is 710 g/mol. The molecule has 0 unspecified atom stereocenters. The summed E-state index contributed by atoms with van der Waals surface area (Å²) in [7, 11) is 1.56. The van der Waals surface area contributed by atoms with Crippen molar-refractivity contribution in [3.05, 3.63) is 119 Å². The molecule has 0 amide bonds. The molecule has 2 heterocycles. The molecule has 0 radical (unpaired) electrons. The smallest absolute Gasteiger partial charge is 0.338 e. The van der Waals surface area contributed by atoms with Gasteiger partial charge in [0.1, 0.15) is 24.2 Å². The highest BCUT2D eigenvalue weighted by Crippen LogP contribution is 2.38. The third kappa shape index (κ3) is 7.10. The van der Waals surface area contributed by atoms with Gasteiger partial charge < -0.3 is 18.9 Å². The molecule has 0 saturated carbocycles. The molecule has 0 fully saturated rings. The van der Waals surface area contributed by atoms with Crippen LogP contribution >= 0.6 is 27.3 Å². The van der Waals surface area contributed by atoms with Gasteiger partial charge in [-0.15, -0.1) is 0 Å². The number of benzene rings is 3. The summed E-state index contributed by atoms with van der Waals surface area (Å²) in [6, 6.07) is 16.2. The summed E-state index contributed by atoms with van der Waals surface area (Å²) < 4.78 is 39.1. The van der Waals surface area contributed by atoms with Crippen molar-refractivity contribution in [2.24, 2.45) is 4.99 Å².